The zero-order valence-corrected chi connectivity index (χ0v) is 12.7. The molecule has 1 aliphatic carbocycles. The number of fused-ring (bicyclic) bond motifs is 1. The Kier molecular flexibility index (Phi) is 4.22. The molecule has 0 spiro atoms. The van der Waals surface area contributed by atoms with Crippen LogP contribution in [0.25, 0.3) is 11.1 Å². The monoisotopic (exact) mass is 335 g/mol. The number of halogens is 3. The maximum atomic E-state index is 12.6. The van der Waals surface area contributed by atoms with Crippen molar-refractivity contribution in [2.75, 3.05) is 0 Å². The van der Waals surface area contributed by atoms with Crippen molar-refractivity contribution in [3.05, 3.63) is 59.2 Å². The van der Waals surface area contributed by atoms with Crippen molar-refractivity contribution in [1.29, 1.82) is 0 Å². The Morgan fingerprint density at radius 3 is 2.38 bits per heavy atom. The van der Waals surface area contributed by atoms with Crippen molar-refractivity contribution < 1.29 is 23.1 Å². The number of benzene rings is 2. The largest absolute Gasteiger partial charge is 0.465 e. The van der Waals surface area contributed by atoms with E-state index in [0.29, 0.717) is 5.56 Å². The lowest BCUT2D eigenvalue weighted by atomic mass is 9.85. The number of alkyl halides is 3. The van der Waals surface area contributed by atoms with Crippen LogP contribution in [0.1, 0.15) is 35.6 Å². The number of carboxylic acid groups (broad SMARTS) is 1. The predicted octanol–water partition coefficient (Wildman–Crippen LogP) is 5.02. The molecule has 0 saturated heterocycles. The highest BCUT2D eigenvalue weighted by molar-refractivity contribution is 5.67. The van der Waals surface area contributed by atoms with Crippen molar-refractivity contribution in [1.82, 2.24) is 5.32 Å². The molecule has 1 unspecified atom stereocenters. The van der Waals surface area contributed by atoms with Gasteiger partial charge in [-0.3, -0.25) is 0 Å². The van der Waals surface area contributed by atoms with Crippen LogP contribution in [0.3, 0.4) is 0 Å². The van der Waals surface area contributed by atoms with Crippen LogP contribution in [-0.2, 0) is 12.6 Å². The van der Waals surface area contributed by atoms with E-state index in [4.69, 9.17) is 5.11 Å². The first kappa shape index (κ1) is 16.4. The fraction of sp³-hybridized carbons (Fsp3) is 0.278. The lowest BCUT2D eigenvalue weighted by Gasteiger charge is -2.26. The number of amides is 1. The second-order valence-electron chi connectivity index (χ2n) is 5.88. The van der Waals surface area contributed by atoms with Gasteiger partial charge in [0.1, 0.15) is 0 Å². The topological polar surface area (TPSA) is 49.3 Å². The molecule has 0 heterocycles. The second kappa shape index (κ2) is 6.19. The summed E-state index contributed by atoms with van der Waals surface area (Å²) in [4.78, 5) is 10.9. The molecule has 0 aromatic heterocycles. The maximum absolute atomic E-state index is 12.6. The summed E-state index contributed by atoms with van der Waals surface area (Å²) in [5.74, 6) is 0. The minimum Gasteiger partial charge on any atom is -0.465 e. The molecule has 126 valence electrons. The van der Waals surface area contributed by atoms with Gasteiger partial charge >= 0.3 is 12.3 Å². The van der Waals surface area contributed by atoms with Crippen molar-refractivity contribution in [2.24, 2.45) is 0 Å². The average molecular weight is 335 g/mol. The molecule has 0 radical (unpaired) electrons. The molecule has 1 aliphatic rings. The molecule has 3 rings (SSSR count). The van der Waals surface area contributed by atoms with Crippen molar-refractivity contribution in [3.63, 3.8) is 0 Å². The molecule has 0 saturated carbocycles. The number of nitrogens with one attached hydrogen (secondary N) is 1. The van der Waals surface area contributed by atoms with E-state index in [1.165, 1.54) is 12.1 Å². The van der Waals surface area contributed by atoms with Gasteiger partial charge in [0.2, 0.25) is 0 Å². The van der Waals surface area contributed by atoms with E-state index in [1.54, 1.807) is 0 Å². The molecule has 0 aliphatic heterocycles. The lowest BCUT2D eigenvalue weighted by Crippen LogP contribution is -2.29. The highest BCUT2D eigenvalue weighted by Gasteiger charge is 2.30. The molecule has 0 bridgehead atoms. The number of carbonyl (C=O) groups is 1. The maximum Gasteiger partial charge on any atom is 0.416 e. The average Bonchev–Trinajstić information content (AvgIpc) is 2.53. The first-order valence-electron chi connectivity index (χ1n) is 7.64. The summed E-state index contributed by atoms with van der Waals surface area (Å²) in [6.45, 7) is 0. The fourth-order valence-corrected chi connectivity index (χ4v) is 3.14. The van der Waals surface area contributed by atoms with E-state index in [0.717, 1.165) is 48.1 Å². The van der Waals surface area contributed by atoms with Crippen molar-refractivity contribution in [3.8, 4) is 11.1 Å². The minimum atomic E-state index is -4.34. The van der Waals surface area contributed by atoms with Crippen LogP contribution in [0.5, 0.6) is 0 Å². The summed E-state index contributed by atoms with van der Waals surface area (Å²) in [7, 11) is 0. The summed E-state index contributed by atoms with van der Waals surface area (Å²) < 4.78 is 37.9. The van der Waals surface area contributed by atoms with Crippen LogP contribution in [0.15, 0.2) is 42.5 Å². The van der Waals surface area contributed by atoms with E-state index in [9.17, 15) is 18.0 Å². The molecule has 6 heteroatoms. The molecule has 24 heavy (non-hydrogen) atoms. The first-order valence-corrected chi connectivity index (χ1v) is 7.64. The molecule has 2 aromatic carbocycles. The summed E-state index contributed by atoms with van der Waals surface area (Å²) in [5, 5.41) is 11.4. The SMILES string of the molecule is O=C(O)NC1CCCc2cc(-c3ccc(C(F)(F)F)cc3)ccc21. The molecule has 1 amide bonds. The first-order chi connectivity index (χ1) is 11.3. The van der Waals surface area contributed by atoms with Gasteiger partial charge in [0.05, 0.1) is 11.6 Å². The Labute approximate surface area is 137 Å². The van der Waals surface area contributed by atoms with Crippen molar-refractivity contribution >= 4 is 6.09 Å². The van der Waals surface area contributed by atoms with E-state index < -0.39 is 17.8 Å². The minimum absolute atomic E-state index is 0.229. The highest BCUT2D eigenvalue weighted by atomic mass is 19.4. The number of hydrogen-bond acceptors (Lipinski definition) is 1. The van der Waals surface area contributed by atoms with Gasteiger partial charge in [-0.15, -0.1) is 0 Å². The summed E-state index contributed by atoms with van der Waals surface area (Å²) in [5.41, 5.74) is 2.85. The van der Waals surface area contributed by atoms with E-state index >= 15 is 0 Å². The third-order valence-electron chi connectivity index (χ3n) is 4.30. The van der Waals surface area contributed by atoms with E-state index in [-0.39, 0.29) is 6.04 Å². The zero-order chi connectivity index (χ0) is 17.3. The molecule has 2 aromatic rings. The number of aryl methyl sites for hydroxylation is 1. The van der Waals surface area contributed by atoms with Gasteiger partial charge in [-0.1, -0.05) is 30.3 Å². The molecule has 2 N–H and O–H groups in total. The van der Waals surface area contributed by atoms with Crippen LogP contribution in [0.2, 0.25) is 0 Å². The Morgan fingerprint density at radius 1 is 1.08 bits per heavy atom. The Balaban J connectivity index is 1.90. The summed E-state index contributed by atoms with van der Waals surface area (Å²) in [6.07, 6.45) is -2.95. The van der Waals surface area contributed by atoms with Crippen LogP contribution in [0.4, 0.5) is 18.0 Å². The van der Waals surface area contributed by atoms with Crippen LogP contribution in [0, 0.1) is 0 Å². The standard InChI is InChI=1S/C18H16F3NO2/c19-18(20,21)14-7-4-11(5-8-14)12-6-9-15-13(10-12)2-1-3-16(15)22-17(23)24/h4-10,16,22H,1-3H2,(H,23,24). The normalized spacial score (nSPS) is 17.2. The summed E-state index contributed by atoms with van der Waals surface area (Å²) >= 11 is 0. The van der Waals surface area contributed by atoms with Gasteiger partial charge < -0.3 is 10.4 Å². The van der Waals surface area contributed by atoms with E-state index in [2.05, 4.69) is 5.32 Å². The van der Waals surface area contributed by atoms with Gasteiger partial charge in [-0.2, -0.15) is 13.2 Å². The quantitative estimate of drug-likeness (QED) is 0.810. The molecule has 3 nitrogen and oxygen atoms in total. The molecular weight excluding hydrogens is 319 g/mol. The molecular formula is C18H16F3NO2. The smallest absolute Gasteiger partial charge is 0.416 e. The van der Waals surface area contributed by atoms with Crippen LogP contribution >= 0.6 is 0 Å². The zero-order valence-electron chi connectivity index (χ0n) is 12.7. The Bertz CT molecular complexity index is 754. The number of rotatable bonds is 2. The number of hydrogen-bond donors (Lipinski definition) is 2. The van der Waals surface area contributed by atoms with Gasteiger partial charge in [-0.05, 0) is 53.6 Å². The van der Waals surface area contributed by atoms with Crippen LogP contribution in [-0.4, -0.2) is 11.2 Å². The van der Waals surface area contributed by atoms with Gasteiger partial charge in [0.15, 0.2) is 0 Å². The van der Waals surface area contributed by atoms with Gasteiger partial charge in [-0.25, -0.2) is 4.79 Å². The third kappa shape index (κ3) is 3.37. The van der Waals surface area contributed by atoms with Crippen molar-refractivity contribution in [2.45, 2.75) is 31.5 Å². The van der Waals surface area contributed by atoms with Gasteiger partial charge in [0.25, 0.3) is 0 Å². The fourth-order valence-electron chi connectivity index (χ4n) is 3.14. The highest BCUT2D eigenvalue weighted by Crippen LogP contribution is 2.34. The second-order valence-corrected chi connectivity index (χ2v) is 5.88. The predicted molar refractivity (Wildman–Crippen MR) is 83.7 cm³/mol. The van der Waals surface area contributed by atoms with Gasteiger partial charge in [0, 0.05) is 0 Å². The Hall–Kier alpha value is -2.50. The third-order valence-corrected chi connectivity index (χ3v) is 4.30. The van der Waals surface area contributed by atoms with Crippen LogP contribution < -0.4 is 5.32 Å². The lowest BCUT2D eigenvalue weighted by molar-refractivity contribution is -0.137. The Morgan fingerprint density at radius 2 is 1.75 bits per heavy atom. The molecule has 1 atom stereocenters. The van der Waals surface area contributed by atoms with E-state index in [1.807, 2.05) is 18.2 Å². The molecule has 0 fully saturated rings. The summed E-state index contributed by atoms with van der Waals surface area (Å²) in [6, 6.07) is 10.5.